The van der Waals surface area contributed by atoms with Gasteiger partial charge in [0.2, 0.25) is 5.91 Å². The summed E-state index contributed by atoms with van der Waals surface area (Å²) < 4.78 is 0. The van der Waals surface area contributed by atoms with Crippen LogP contribution in [0.15, 0.2) is 0 Å². The van der Waals surface area contributed by atoms with Crippen molar-refractivity contribution >= 4 is 11.9 Å². The van der Waals surface area contributed by atoms with Crippen LogP contribution in [0.1, 0.15) is 52.9 Å². The van der Waals surface area contributed by atoms with Crippen molar-refractivity contribution in [2.24, 2.45) is 17.6 Å². The molecule has 1 aliphatic rings. The number of carboxylic acids is 1. The molecule has 0 bridgehead atoms. The Kier molecular flexibility index (Phi) is 5.99. The van der Waals surface area contributed by atoms with Crippen molar-refractivity contribution in [1.82, 2.24) is 4.90 Å². The molecule has 1 aliphatic carbocycles. The third kappa shape index (κ3) is 4.78. The number of nitrogens with two attached hydrogens (primary N) is 1. The van der Waals surface area contributed by atoms with E-state index in [-0.39, 0.29) is 30.3 Å². The minimum absolute atomic E-state index is 0.00115. The van der Waals surface area contributed by atoms with E-state index in [4.69, 9.17) is 10.8 Å². The van der Waals surface area contributed by atoms with Gasteiger partial charge in [-0.2, -0.15) is 0 Å². The molecule has 0 spiro atoms. The third-order valence-electron chi connectivity index (χ3n) is 4.15. The number of carbonyl (C=O) groups excluding carboxylic acids is 1. The fourth-order valence-electron chi connectivity index (χ4n) is 2.85. The molecule has 5 nitrogen and oxygen atoms in total. The minimum Gasteiger partial charge on any atom is -0.481 e. The summed E-state index contributed by atoms with van der Waals surface area (Å²) in [6.07, 6.45) is 3.76. The smallest absolute Gasteiger partial charge is 0.305 e. The molecule has 0 radical (unpaired) electrons. The Labute approximate surface area is 121 Å². The lowest BCUT2D eigenvalue weighted by atomic mass is 9.81. The molecule has 0 heterocycles. The highest BCUT2D eigenvalue weighted by molar-refractivity contribution is 5.80. The van der Waals surface area contributed by atoms with E-state index >= 15 is 0 Å². The number of aliphatic carboxylic acids is 1. The second-order valence-electron chi connectivity index (χ2n) is 6.76. The monoisotopic (exact) mass is 284 g/mol. The molecule has 1 rings (SSSR count). The lowest BCUT2D eigenvalue weighted by molar-refractivity contribution is -0.144. The fourth-order valence-corrected chi connectivity index (χ4v) is 2.85. The van der Waals surface area contributed by atoms with E-state index in [0.717, 1.165) is 25.7 Å². The van der Waals surface area contributed by atoms with Crippen LogP contribution in [0.4, 0.5) is 0 Å². The summed E-state index contributed by atoms with van der Waals surface area (Å²) in [4.78, 5) is 25.1. The van der Waals surface area contributed by atoms with Crippen LogP contribution in [0.25, 0.3) is 0 Å². The van der Waals surface area contributed by atoms with Gasteiger partial charge >= 0.3 is 5.97 Å². The zero-order valence-corrected chi connectivity index (χ0v) is 12.9. The first-order valence-corrected chi connectivity index (χ1v) is 7.49. The Hall–Kier alpha value is -1.10. The number of carboxylic acid groups (broad SMARTS) is 1. The maximum atomic E-state index is 12.7. The van der Waals surface area contributed by atoms with Crippen LogP contribution >= 0.6 is 0 Å². The Balaban J connectivity index is 2.66. The lowest BCUT2D eigenvalue weighted by Gasteiger charge is -2.39. The molecule has 1 fully saturated rings. The van der Waals surface area contributed by atoms with Gasteiger partial charge in [-0.05, 0) is 58.9 Å². The average molecular weight is 284 g/mol. The summed E-state index contributed by atoms with van der Waals surface area (Å²) >= 11 is 0. The summed E-state index contributed by atoms with van der Waals surface area (Å²) in [6, 6.07) is 0. The molecule has 0 aliphatic heterocycles. The van der Waals surface area contributed by atoms with Crippen molar-refractivity contribution in [1.29, 1.82) is 0 Å². The molecule has 20 heavy (non-hydrogen) atoms. The predicted octanol–water partition coefficient (Wildman–Crippen LogP) is 1.85. The largest absolute Gasteiger partial charge is 0.481 e. The van der Waals surface area contributed by atoms with E-state index in [1.54, 1.807) is 4.90 Å². The summed E-state index contributed by atoms with van der Waals surface area (Å²) in [5, 5.41) is 8.83. The van der Waals surface area contributed by atoms with Crippen LogP contribution in [-0.4, -0.2) is 40.5 Å². The van der Waals surface area contributed by atoms with Gasteiger partial charge in [-0.15, -0.1) is 0 Å². The maximum Gasteiger partial charge on any atom is 0.305 e. The fraction of sp³-hybridized carbons (Fsp3) is 0.867. The Morgan fingerprint density at radius 3 is 2.15 bits per heavy atom. The Morgan fingerprint density at radius 2 is 1.75 bits per heavy atom. The topological polar surface area (TPSA) is 83.6 Å². The second kappa shape index (κ2) is 7.07. The summed E-state index contributed by atoms with van der Waals surface area (Å²) in [5.74, 6) is -0.180. The van der Waals surface area contributed by atoms with E-state index in [9.17, 15) is 9.59 Å². The van der Waals surface area contributed by atoms with Gasteiger partial charge in [0.05, 0.1) is 6.42 Å². The molecule has 1 amide bonds. The molecule has 0 aromatic rings. The van der Waals surface area contributed by atoms with E-state index in [1.807, 2.05) is 20.8 Å². The number of nitrogens with zero attached hydrogens (tertiary/aromatic N) is 1. The van der Waals surface area contributed by atoms with Crippen molar-refractivity contribution in [3.8, 4) is 0 Å². The molecule has 0 unspecified atom stereocenters. The van der Waals surface area contributed by atoms with Crippen molar-refractivity contribution in [3.05, 3.63) is 0 Å². The normalized spacial score (nSPS) is 23.4. The second-order valence-corrected chi connectivity index (χ2v) is 6.76. The third-order valence-corrected chi connectivity index (χ3v) is 4.15. The Morgan fingerprint density at radius 1 is 1.20 bits per heavy atom. The molecule has 5 heteroatoms. The minimum atomic E-state index is -0.862. The predicted molar refractivity (Wildman–Crippen MR) is 78.2 cm³/mol. The van der Waals surface area contributed by atoms with Crippen LogP contribution in [-0.2, 0) is 9.59 Å². The van der Waals surface area contributed by atoms with Crippen molar-refractivity contribution in [2.45, 2.75) is 58.4 Å². The van der Waals surface area contributed by atoms with Gasteiger partial charge in [0, 0.05) is 18.0 Å². The molecule has 3 N–H and O–H groups in total. The van der Waals surface area contributed by atoms with Crippen molar-refractivity contribution in [2.75, 3.05) is 13.1 Å². The first-order chi connectivity index (χ1) is 9.25. The molecular formula is C15H28N2O3. The summed E-state index contributed by atoms with van der Waals surface area (Å²) in [7, 11) is 0. The highest BCUT2D eigenvalue weighted by atomic mass is 16.4. The highest BCUT2D eigenvalue weighted by Gasteiger charge is 2.33. The first kappa shape index (κ1) is 17.0. The van der Waals surface area contributed by atoms with Gasteiger partial charge in [-0.3, -0.25) is 9.59 Å². The highest BCUT2D eigenvalue weighted by Crippen LogP contribution is 2.31. The lowest BCUT2D eigenvalue weighted by Crippen LogP contribution is -2.49. The van der Waals surface area contributed by atoms with E-state index in [1.165, 1.54) is 0 Å². The SMILES string of the molecule is CC(C)(C)N(CCC(=O)O)C(=O)C1CCC(CN)CC1. The van der Waals surface area contributed by atoms with Crippen LogP contribution in [0, 0.1) is 11.8 Å². The van der Waals surface area contributed by atoms with Crippen LogP contribution < -0.4 is 5.73 Å². The number of amides is 1. The zero-order chi connectivity index (χ0) is 15.3. The summed E-state index contributed by atoms with van der Waals surface area (Å²) in [5.41, 5.74) is 5.34. The van der Waals surface area contributed by atoms with E-state index < -0.39 is 5.97 Å². The standard InChI is InChI=1S/C15H28N2O3/c1-15(2,3)17(9-8-13(18)19)14(20)12-6-4-11(10-16)5-7-12/h11-12H,4-10,16H2,1-3H3,(H,18,19). The molecule has 0 aromatic carbocycles. The Bertz CT molecular complexity index is 342. The molecular weight excluding hydrogens is 256 g/mol. The van der Waals surface area contributed by atoms with Gasteiger partial charge in [-0.1, -0.05) is 0 Å². The van der Waals surface area contributed by atoms with Gasteiger partial charge < -0.3 is 15.7 Å². The van der Waals surface area contributed by atoms with Crippen molar-refractivity contribution in [3.63, 3.8) is 0 Å². The van der Waals surface area contributed by atoms with Crippen LogP contribution in [0.3, 0.4) is 0 Å². The number of hydrogen-bond donors (Lipinski definition) is 2. The summed E-state index contributed by atoms with van der Waals surface area (Å²) in [6.45, 7) is 6.85. The average Bonchev–Trinajstić information content (AvgIpc) is 2.37. The van der Waals surface area contributed by atoms with Gasteiger partial charge in [0.1, 0.15) is 0 Å². The van der Waals surface area contributed by atoms with E-state index in [0.29, 0.717) is 12.5 Å². The number of hydrogen-bond acceptors (Lipinski definition) is 3. The first-order valence-electron chi connectivity index (χ1n) is 7.49. The number of carbonyl (C=O) groups is 2. The molecule has 116 valence electrons. The van der Waals surface area contributed by atoms with Gasteiger partial charge in [0.15, 0.2) is 0 Å². The van der Waals surface area contributed by atoms with Gasteiger partial charge in [0.25, 0.3) is 0 Å². The molecule has 1 saturated carbocycles. The number of rotatable bonds is 5. The molecule has 0 saturated heterocycles. The maximum absolute atomic E-state index is 12.7. The van der Waals surface area contributed by atoms with Gasteiger partial charge in [-0.25, -0.2) is 0 Å². The van der Waals surface area contributed by atoms with Crippen LogP contribution in [0.5, 0.6) is 0 Å². The quantitative estimate of drug-likeness (QED) is 0.807. The molecule has 0 aromatic heterocycles. The zero-order valence-electron chi connectivity index (χ0n) is 12.9. The molecule has 0 atom stereocenters. The van der Waals surface area contributed by atoms with E-state index in [2.05, 4.69) is 0 Å². The van der Waals surface area contributed by atoms with Crippen molar-refractivity contribution < 1.29 is 14.7 Å². The van der Waals surface area contributed by atoms with Crippen LogP contribution in [0.2, 0.25) is 0 Å².